The second kappa shape index (κ2) is 7.67. The minimum absolute atomic E-state index is 0.180. The molecule has 1 amide bonds. The number of halogens is 1. The number of aryl methyl sites for hydroxylation is 1. The molecular weight excluding hydrogens is 312 g/mol. The fraction of sp³-hybridized carbons (Fsp3) is 0.615. The van der Waals surface area contributed by atoms with Gasteiger partial charge in [-0.05, 0) is 27.9 Å². The molecule has 0 aliphatic carbocycles. The summed E-state index contributed by atoms with van der Waals surface area (Å²) in [4.78, 5) is 11.9. The summed E-state index contributed by atoms with van der Waals surface area (Å²) in [5, 5.41) is 12.4. The lowest BCUT2D eigenvalue weighted by Gasteiger charge is -2.13. The number of hydrogen-bond donors (Lipinski definition) is 2. The molecule has 6 heteroatoms. The van der Waals surface area contributed by atoms with Gasteiger partial charge in [-0.1, -0.05) is 13.8 Å². The summed E-state index contributed by atoms with van der Waals surface area (Å²) >= 11 is 3.31. The smallest absolute Gasteiger partial charge is 0.268 e. The molecule has 0 unspecified atom stereocenters. The highest BCUT2D eigenvalue weighted by molar-refractivity contribution is 9.10. The Morgan fingerprint density at radius 3 is 2.74 bits per heavy atom. The average molecular weight is 333 g/mol. The summed E-state index contributed by atoms with van der Waals surface area (Å²) < 4.78 is 7.88. The third-order valence-corrected chi connectivity index (χ3v) is 2.90. The first-order chi connectivity index (χ1) is 8.90. The minimum Gasteiger partial charge on any atom is -0.389 e. The monoisotopic (exact) mass is 332 g/mol. The molecule has 0 saturated heterocycles. The fourth-order valence-electron chi connectivity index (χ4n) is 1.55. The predicted octanol–water partition coefficient (Wildman–Crippen LogP) is 1.55. The van der Waals surface area contributed by atoms with Gasteiger partial charge >= 0.3 is 0 Å². The van der Waals surface area contributed by atoms with Crippen molar-refractivity contribution in [3.05, 3.63) is 22.4 Å². The number of aromatic nitrogens is 1. The zero-order valence-corrected chi connectivity index (χ0v) is 13.1. The van der Waals surface area contributed by atoms with Crippen molar-refractivity contribution in [1.82, 2.24) is 9.88 Å². The van der Waals surface area contributed by atoms with E-state index < -0.39 is 6.10 Å². The van der Waals surface area contributed by atoms with Crippen LogP contribution >= 0.6 is 15.9 Å². The molecule has 0 spiro atoms. The van der Waals surface area contributed by atoms with Crippen molar-refractivity contribution in [3.8, 4) is 0 Å². The van der Waals surface area contributed by atoms with E-state index in [-0.39, 0.29) is 19.1 Å². The SMILES string of the molecule is CC(C)COC[C@H](O)CNC(=O)c1cc(Br)cn1C. The van der Waals surface area contributed by atoms with Gasteiger partial charge in [-0.3, -0.25) is 4.79 Å². The Balaban J connectivity index is 2.32. The summed E-state index contributed by atoms with van der Waals surface area (Å²) in [6.45, 7) is 5.10. The molecule has 5 nitrogen and oxygen atoms in total. The lowest BCUT2D eigenvalue weighted by Crippen LogP contribution is -2.35. The number of nitrogens with one attached hydrogen (secondary N) is 1. The van der Waals surface area contributed by atoms with Crippen LogP contribution in [-0.4, -0.2) is 41.4 Å². The van der Waals surface area contributed by atoms with E-state index in [1.165, 1.54) is 0 Å². The van der Waals surface area contributed by atoms with Crippen LogP contribution in [0.5, 0.6) is 0 Å². The lowest BCUT2D eigenvalue weighted by molar-refractivity contribution is 0.0258. The van der Waals surface area contributed by atoms with Crippen molar-refractivity contribution < 1.29 is 14.6 Å². The highest BCUT2D eigenvalue weighted by atomic mass is 79.9. The summed E-state index contributed by atoms with van der Waals surface area (Å²) in [6, 6.07) is 1.73. The maximum atomic E-state index is 11.9. The summed E-state index contributed by atoms with van der Waals surface area (Å²) in [6.07, 6.45) is 1.11. The van der Waals surface area contributed by atoms with E-state index in [1.807, 2.05) is 13.8 Å². The molecule has 0 aromatic carbocycles. The Kier molecular flexibility index (Phi) is 6.54. The second-order valence-corrected chi connectivity index (χ2v) is 5.87. The van der Waals surface area contributed by atoms with Gasteiger partial charge in [0, 0.05) is 30.9 Å². The zero-order chi connectivity index (χ0) is 14.4. The molecule has 0 aliphatic heterocycles. The van der Waals surface area contributed by atoms with Crippen LogP contribution in [0.4, 0.5) is 0 Å². The van der Waals surface area contributed by atoms with E-state index in [9.17, 15) is 9.90 Å². The van der Waals surface area contributed by atoms with Crippen LogP contribution in [0, 0.1) is 5.92 Å². The van der Waals surface area contributed by atoms with E-state index in [0.717, 1.165) is 4.47 Å². The molecule has 1 heterocycles. The second-order valence-electron chi connectivity index (χ2n) is 4.95. The van der Waals surface area contributed by atoms with Crippen molar-refractivity contribution in [2.45, 2.75) is 20.0 Å². The summed E-state index contributed by atoms with van der Waals surface area (Å²) in [5.74, 6) is 0.221. The number of amides is 1. The highest BCUT2D eigenvalue weighted by Crippen LogP contribution is 2.13. The molecule has 1 atom stereocenters. The molecule has 0 radical (unpaired) electrons. The molecule has 0 saturated carbocycles. The molecular formula is C13H21BrN2O3. The Labute approximate surface area is 122 Å². The normalized spacial score (nSPS) is 12.7. The fourth-order valence-corrected chi connectivity index (χ4v) is 2.07. The van der Waals surface area contributed by atoms with Crippen LogP contribution < -0.4 is 5.32 Å². The number of rotatable bonds is 7. The van der Waals surface area contributed by atoms with Crippen molar-refractivity contribution in [3.63, 3.8) is 0 Å². The Morgan fingerprint density at radius 1 is 1.53 bits per heavy atom. The van der Waals surface area contributed by atoms with Crippen LogP contribution in [0.15, 0.2) is 16.7 Å². The van der Waals surface area contributed by atoms with Gasteiger partial charge < -0.3 is 19.7 Å². The van der Waals surface area contributed by atoms with Crippen molar-refractivity contribution in [2.75, 3.05) is 19.8 Å². The third-order valence-electron chi connectivity index (χ3n) is 2.46. The first-order valence-corrected chi connectivity index (χ1v) is 7.05. The Bertz CT molecular complexity index is 418. The Hall–Kier alpha value is -0.850. The minimum atomic E-state index is -0.689. The van der Waals surface area contributed by atoms with Gasteiger partial charge in [0.05, 0.1) is 12.7 Å². The van der Waals surface area contributed by atoms with Crippen LogP contribution in [0.25, 0.3) is 0 Å². The van der Waals surface area contributed by atoms with Crippen LogP contribution in [0.2, 0.25) is 0 Å². The molecule has 1 aromatic heterocycles. The molecule has 108 valence electrons. The van der Waals surface area contributed by atoms with Crippen LogP contribution in [0.1, 0.15) is 24.3 Å². The number of hydrogen-bond acceptors (Lipinski definition) is 3. The van der Waals surface area contributed by atoms with Gasteiger partial charge in [0.1, 0.15) is 5.69 Å². The van der Waals surface area contributed by atoms with Gasteiger partial charge in [0.25, 0.3) is 5.91 Å². The van der Waals surface area contributed by atoms with Gasteiger partial charge in [-0.15, -0.1) is 0 Å². The van der Waals surface area contributed by atoms with Gasteiger partial charge in [-0.25, -0.2) is 0 Å². The standard InChI is InChI=1S/C13H21BrN2O3/c1-9(2)7-19-8-11(17)5-15-13(18)12-4-10(14)6-16(12)3/h4,6,9,11,17H,5,7-8H2,1-3H3,(H,15,18)/t11-/m1/s1. The number of aliphatic hydroxyl groups is 1. The van der Waals surface area contributed by atoms with E-state index in [1.54, 1.807) is 23.9 Å². The quantitative estimate of drug-likeness (QED) is 0.796. The van der Waals surface area contributed by atoms with Crippen LogP contribution in [-0.2, 0) is 11.8 Å². The molecule has 0 aliphatic rings. The molecule has 19 heavy (non-hydrogen) atoms. The van der Waals surface area contributed by atoms with Crippen molar-refractivity contribution >= 4 is 21.8 Å². The number of aliphatic hydroxyl groups excluding tert-OH is 1. The van der Waals surface area contributed by atoms with E-state index in [0.29, 0.717) is 18.2 Å². The Morgan fingerprint density at radius 2 is 2.21 bits per heavy atom. The first-order valence-electron chi connectivity index (χ1n) is 6.26. The zero-order valence-electron chi connectivity index (χ0n) is 11.5. The lowest BCUT2D eigenvalue weighted by atomic mass is 10.2. The molecule has 1 rings (SSSR count). The average Bonchev–Trinajstić information content (AvgIpc) is 2.65. The maximum absolute atomic E-state index is 11.9. The van der Waals surface area contributed by atoms with E-state index in [4.69, 9.17) is 4.74 Å². The van der Waals surface area contributed by atoms with E-state index >= 15 is 0 Å². The van der Waals surface area contributed by atoms with E-state index in [2.05, 4.69) is 21.2 Å². The number of ether oxygens (including phenoxy) is 1. The highest BCUT2D eigenvalue weighted by Gasteiger charge is 2.12. The molecule has 1 aromatic rings. The largest absolute Gasteiger partial charge is 0.389 e. The molecule has 0 fully saturated rings. The molecule has 0 bridgehead atoms. The number of carbonyl (C=O) groups excluding carboxylic acids is 1. The third kappa shape index (κ3) is 5.76. The van der Waals surface area contributed by atoms with Crippen molar-refractivity contribution in [2.24, 2.45) is 13.0 Å². The number of nitrogens with zero attached hydrogens (tertiary/aromatic N) is 1. The molecule has 2 N–H and O–H groups in total. The first kappa shape index (κ1) is 16.2. The summed E-state index contributed by atoms with van der Waals surface area (Å²) in [5.41, 5.74) is 0.544. The predicted molar refractivity (Wildman–Crippen MR) is 77.1 cm³/mol. The summed E-state index contributed by atoms with van der Waals surface area (Å²) in [7, 11) is 1.79. The topological polar surface area (TPSA) is 63.5 Å². The van der Waals surface area contributed by atoms with Crippen LogP contribution in [0.3, 0.4) is 0 Å². The maximum Gasteiger partial charge on any atom is 0.268 e. The van der Waals surface area contributed by atoms with Gasteiger partial charge in [0.2, 0.25) is 0 Å². The van der Waals surface area contributed by atoms with Crippen molar-refractivity contribution in [1.29, 1.82) is 0 Å². The number of carbonyl (C=O) groups is 1. The van der Waals surface area contributed by atoms with Gasteiger partial charge in [0.15, 0.2) is 0 Å². The van der Waals surface area contributed by atoms with Gasteiger partial charge in [-0.2, -0.15) is 0 Å².